The van der Waals surface area contributed by atoms with Crippen LogP contribution in [0.2, 0.25) is 0 Å². The molecular weight excluding hydrogens is 414 g/mol. The number of ketones is 1. The van der Waals surface area contributed by atoms with Gasteiger partial charge in [-0.1, -0.05) is 53.7 Å². The van der Waals surface area contributed by atoms with Crippen molar-refractivity contribution in [2.24, 2.45) is 0 Å². The highest BCUT2D eigenvalue weighted by Crippen LogP contribution is 2.28. The quantitative estimate of drug-likeness (QED) is 0.379. The van der Waals surface area contributed by atoms with Crippen LogP contribution in [0, 0.1) is 0 Å². The Bertz CT molecular complexity index is 873. The van der Waals surface area contributed by atoms with Crippen LogP contribution in [0.25, 0.3) is 0 Å². The topological polar surface area (TPSA) is 60.9 Å². The Labute approximate surface area is 165 Å². The van der Waals surface area contributed by atoms with Gasteiger partial charge in [-0.05, 0) is 31.2 Å². The first-order chi connectivity index (χ1) is 12.5. The number of carbonyl (C=O) groups excluding carboxylic acids is 1. The van der Waals surface area contributed by atoms with Crippen molar-refractivity contribution in [3.8, 4) is 0 Å². The minimum absolute atomic E-state index is 0.0705. The van der Waals surface area contributed by atoms with Gasteiger partial charge in [-0.2, -0.15) is 0 Å². The van der Waals surface area contributed by atoms with Crippen molar-refractivity contribution in [2.75, 3.05) is 0 Å². The van der Waals surface area contributed by atoms with Crippen molar-refractivity contribution in [1.29, 1.82) is 0 Å². The molecule has 136 valence electrons. The first-order valence-electron chi connectivity index (χ1n) is 8.37. The number of Topliss-reactive ketones (excluding diaryl/α,β-unsaturated/α-hetero) is 1. The van der Waals surface area contributed by atoms with E-state index in [9.17, 15) is 4.79 Å². The number of aromatic nitrogens is 3. The standard InChI is InChI=1S/C19H20BrN3O2S/c1-12(2)18-21-22-19(23(18)11-16-5-4-10-25-16)26-13(3)17(24)14-6-8-15(20)9-7-14/h4-10,12-13H,11H2,1-3H3. The van der Waals surface area contributed by atoms with Crippen LogP contribution in [0.3, 0.4) is 0 Å². The number of benzene rings is 1. The monoisotopic (exact) mass is 433 g/mol. The van der Waals surface area contributed by atoms with Gasteiger partial charge in [0.05, 0.1) is 18.1 Å². The predicted molar refractivity (Wildman–Crippen MR) is 106 cm³/mol. The summed E-state index contributed by atoms with van der Waals surface area (Å²) in [5, 5.41) is 9.11. The van der Waals surface area contributed by atoms with Crippen molar-refractivity contribution in [3.05, 3.63) is 64.3 Å². The van der Waals surface area contributed by atoms with E-state index < -0.39 is 0 Å². The molecule has 0 saturated heterocycles. The van der Waals surface area contributed by atoms with E-state index in [4.69, 9.17) is 4.42 Å². The first kappa shape index (κ1) is 18.9. The molecule has 0 spiro atoms. The van der Waals surface area contributed by atoms with Gasteiger partial charge in [-0.15, -0.1) is 10.2 Å². The van der Waals surface area contributed by atoms with Gasteiger partial charge in [-0.3, -0.25) is 9.36 Å². The minimum atomic E-state index is -0.268. The summed E-state index contributed by atoms with van der Waals surface area (Å²) in [4.78, 5) is 12.7. The molecule has 0 saturated carbocycles. The van der Waals surface area contributed by atoms with E-state index in [-0.39, 0.29) is 17.0 Å². The highest BCUT2D eigenvalue weighted by molar-refractivity contribution is 9.10. The summed E-state index contributed by atoms with van der Waals surface area (Å²) >= 11 is 4.82. The van der Waals surface area contributed by atoms with Crippen LogP contribution < -0.4 is 0 Å². The molecule has 26 heavy (non-hydrogen) atoms. The molecule has 0 aliphatic rings. The number of hydrogen-bond donors (Lipinski definition) is 0. The summed E-state index contributed by atoms with van der Waals surface area (Å²) in [6.07, 6.45) is 1.65. The molecule has 0 N–H and O–H groups in total. The second-order valence-electron chi connectivity index (χ2n) is 6.29. The molecule has 0 bridgehead atoms. The third-order valence-electron chi connectivity index (χ3n) is 3.94. The number of carbonyl (C=O) groups is 1. The molecule has 3 rings (SSSR count). The van der Waals surface area contributed by atoms with Gasteiger partial charge >= 0.3 is 0 Å². The second kappa shape index (κ2) is 8.22. The van der Waals surface area contributed by atoms with Crippen LogP contribution in [-0.2, 0) is 6.54 Å². The fourth-order valence-corrected chi connectivity index (χ4v) is 3.78. The molecule has 1 atom stereocenters. The molecule has 0 aliphatic carbocycles. The lowest BCUT2D eigenvalue weighted by molar-refractivity contribution is 0.0994. The molecule has 0 fully saturated rings. The Kier molecular flexibility index (Phi) is 5.98. The van der Waals surface area contributed by atoms with Crippen molar-refractivity contribution in [2.45, 2.75) is 43.6 Å². The molecule has 0 radical (unpaired) electrons. The lowest BCUT2D eigenvalue weighted by atomic mass is 10.1. The number of rotatable bonds is 7. The second-order valence-corrected chi connectivity index (χ2v) is 8.52. The van der Waals surface area contributed by atoms with Crippen molar-refractivity contribution in [3.63, 3.8) is 0 Å². The van der Waals surface area contributed by atoms with Crippen LogP contribution in [0.5, 0.6) is 0 Å². The van der Waals surface area contributed by atoms with E-state index in [1.54, 1.807) is 6.26 Å². The molecule has 0 aliphatic heterocycles. The SMILES string of the molecule is CC(Sc1nnc(C(C)C)n1Cc1ccco1)C(=O)c1ccc(Br)cc1. The summed E-state index contributed by atoms with van der Waals surface area (Å²) in [7, 11) is 0. The Morgan fingerprint density at radius 1 is 1.19 bits per heavy atom. The molecule has 3 aromatic rings. The Morgan fingerprint density at radius 3 is 2.54 bits per heavy atom. The highest BCUT2D eigenvalue weighted by atomic mass is 79.9. The number of furan rings is 1. The average Bonchev–Trinajstić information content (AvgIpc) is 3.26. The normalized spacial score (nSPS) is 12.5. The smallest absolute Gasteiger partial charge is 0.192 e. The maximum Gasteiger partial charge on any atom is 0.192 e. The molecule has 5 nitrogen and oxygen atoms in total. The largest absolute Gasteiger partial charge is 0.467 e. The number of thioether (sulfide) groups is 1. The van der Waals surface area contributed by atoms with E-state index in [0.29, 0.717) is 12.1 Å². The van der Waals surface area contributed by atoms with E-state index in [1.807, 2.05) is 47.9 Å². The van der Waals surface area contributed by atoms with E-state index in [0.717, 1.165) is 21.2 Å². The molecule has 7 heteroatoms. The Hall–Kier alpha value is -1.86. The summed E-state index contributed by atoms with van der Waals surface area (Å²) < 4.78 is 8.45. The molecule has 2 heterocycles. The zero-order valence-electron chi connectivity index (χ0n) is 14.8. The van der Waals surface area contributed by atoms with Crippen LogP contribution >= 0.6 is 27.7 Å². The van der Waals surface area contributed by atoms with Crippen LogP contribution in [0.15, 0.2) is 56.7 Å². The van der Waals surface area contributed by atoms with Crippen molar-refractivity contribution < 1.29 is 9.21 Å². The number of nitrogens with zero attached hydrogens (tertiary/aromatic N) is 3. The fraction of sp³-hybridized carbons (Fsp3) is 0.316. The van der Waals surface area contributed by atoms with Crippen molar-refractivity contribution >= 4 is 33.5 Å². The highest BCUT2D eigenvalue weighted by Gasteiger charge is 2.22. The van der Waals surface area contributed by atoms with E-state index in [2.05, 4.69) is 40.0 Å². The molecule has 2 aromatic heterocycles. The minimum Gasteiger partial charge on any atom is -0.467 e. The van der Waals surface area contributed by atoms with Crippen LogP contribution in [0.4, 0.5) is 0 Å². The van der Waals surface area contributed by atoms with Gasteiger partial charge in [0.15, 0.2) is 10.9 Å². The molecule has 0 amide bonds. The molecule has 1 aromatic carbocycles. The van der Waals surface area contributed by atoms with Crippen LogP contribution in [0.1, 0.15) is 48.6 Å². The van der Waals surface area contributed by atoms with Crippen molar-refractivity contribution in [1.82, 2.24) is 14.8 Å². The maximum absolute atomic E-state index is 12.7. The average molecular weight is 434 g/mol. The third kappa shape index (κ3) is 4.27. The maximum atomic E-state index is 12.7. The number of halogens is 1. The van der Waals surface area contributed by atoms with Gasteiger partial charge in [0, 0.05) is 16.0 Å². The van der Waals surface area contributed by atoms with Gasteiger partial charge < -0.3 is 4.42 Å². The lowest BCUT2D eigenvalue weighted by Crippen LogP contribution is -2.15. The zero-order valence-corrected chi connectivity index (χ0v) is 17.3. The third-order valence-corrected chi connectivity index (χ3v) is 5.55. The van der Waals surface area contributed by atoms with Gasteiger partial charge in [-0.25, -0.2) is 0 Å². The summed E-state index contributed by atoms with van der Waals surface area (Å²) in [6, 6.07) is 11.2. The van der Waals surface area contributed by atoms with Gasteiger partial charge in [0.2, 0.25) is 0 Å². The van der Waals surface area contributed by atoms with E-state index >= 15 is 0 Å². The lowest BCUT2D eigenvalue weighted by Gasteiger charge is -2.13. The first-order valence-corrected chi connectivity index (χ1v) is 10.0. The fourth-order valence-electron chi connectivity index (χ4n) is 2.58. The zero-order chi connectivity index (χ0) is 18.7. The molecular formula is C19H20BrN3O2S. The Morgan fingerprint density at radius 2 is 1.92 bits per heavy atom. The number of hydrogen-bond acceptors (Lipinski definition) is 5. The predicted octanol–water partition coefficient (Wildman–Crippen LogP) is 5.17. The van der Waals surface area contributed by atoms with E-state index in [1.165, 1.54) is 11.8 Å². The Balaban J connectivity index is 1.82. The van der Waals surface area contributed by atoms with Crippen LogP contribution in [-0.4, -0.2) is 25.8 Å². The summed E-state index contributed by atoms with van der Waals surface area (Å²) in [6.45, 7) is 6.60. The molecule has 1 unspecified atom stereocenters. The van der Waals surface area contributed by atoms with Gasteiger partial charge in [0.25, 0.3) is 0 Å². The van der Waals surface area contributed by atoms with Gasteiger partial charge in [0.1, 0.15) is 11.6 Å². The summed E-state index contributed by atoms with van der Waals surface area (Å²) in [5.74, 6) is 2.01. The summed E-state index contributed by atoms with van der Waals surface area (Å²) in [5.41, 5.74) is 0.689.